The standard InChI is InChI=1S/C13H7F3N2S/c14-13(15,16)9-3-1-8(2-4-9)11-6-19-12-10(11)5-17-7-18-12/h1-7H. The van der Waals surface area contributed by atoms with E-state index in [4.69, 9.17) is 0 Å². The first kappa shape index (κ1) is 12.1. The Bertz CT molecular complexity index is 717. The Morgan fingerprint density at radius 3 is 2.47 bits per heavy atom. The Balaban J connectivity index is 2.07. The van der Waals surface area contributed by atoms with Crippen LogP contribution in [0.2, 0.25) is 0 Å². The van der Waals surface area contributed by atoms with Crippen LogP contribution in [-0.2, 0) is 6.18 Å². The monoisotopic (exact) mass is 280 g/mol. The fourth-order valence-electron chi connectivity index (χ4n) is 1.84. The second kappa shape index (κ2) is 4.31. The zero-order valence-corrected chi connectivity index (χ0v) is 10.3. The molecule has 0 aliphatic carbocycles. The summed E-state index contributed by atoms with van der Waals surface area (Å²) in [6.07, 6.45) is -1.18. The minimum atomic E-state index is -4.31. The molecular formula is C13H7F3N2S. The van der Waals surface area contributed by atoms with Crippen LogP contribution in [0.25, 0.3) is 21.3 Å². The highest BCUT2D eigenvalue weighted by Gasteiger charge is 2.30. The largest absolute Gasteiger partial charge is 0.416 e. The number of rotatable bonds is 1. The number of halogens is 3. The minimum absolute atomic E-state index is 0.646. The number of aromatic nitrogens is 2. The number of fused-ring (bicyclic) bond motifs is 1. The van der Waals surface area contributed by atoms with Crippen molar-refractivity contribution in [3.63, 3.8) is 0 Å². The van der Waals surface area contributed by atoms with Crippen LogP contribution in [0.3, 0.4) is 0 Å². The minimum Gasteiger partial charge on any atom is -0.244 e. The molecule has 0 saturated carbocycles. The van der Waals surface area contributed by atoms with E-state index in [0.29, 0.717) is 0 Å². The maximum Gasteiger partial charge on any atom is 0.416 e. The summed E-state index contributed by atoms with van der Waals surface area (Å²) < 4.78 is 37.5. The highest BCUT2D eigenvalue weighted by atomic mass is 32.1. The van der Waals surface area contributed by atoms with Crippen LogP contribution in [0.1, 0.15) is 5.56 Å². The third kappa shape index (κ3) is 2.19. The van der Waals surface area contributed by atoms with Gasteiger partial charge in [0.1, 0.15) is 11.2 Å². The topological polar surface area (TPSA) is 25.8 Å². The molecule has 1 aromatic carbocycles. The summed E-state index contributed by atoms with van der Waals surface area (Å²) in [5.74, 6) is 0. The molecule has 2 aromatic heterocycles. The van der Waals surface area contributed by atoms with E-state index in [0.717, 1.165) is 33.5 Å². The Morgan fingerprint density at radius 1 is 1.05 bits per heavy atom. The molecule has 0 aliphatic heterocycles. The third-order valence-corrected chi connectivity index (χ3v) is 3.68. The lowest BCUT2D eigenvalue weighted by atomic mass is 10.0. The first-order valence-electron chi connectivity index (χ1n) is 5.40. The highest BCUT2D eigenvalue weighted by molar-refractivity contribution is 7.17. The molecule has 2 heterocycles. The number of alkyl halides is 3. The molecular weight excluding hydrogens is 273 g/mol. The van der Waals surface area contributed by atoms with Gasteiger partial charge >= 0.3 is 6.18 Å². The van der Waals surface area contributed by atoms with Crippen molar-refractivity contribution in [2.45, 2.75) is 6.18 Å². The van der Waals surface area contributed by atoms with Crippen molar-refractivity contribution in [3.05, 3.63) is 47.7 Å². The van der Waals surface area contributed by atoms with Crippen molar-refractivity contribution < 1.29 is 13.2 Å². The molecule has 2 nitrogen and oxygen atoms in total. The Labute approximate surface area is 110 Å². The Kier molecular flexibility index (Phi) is 2.74. The maximum atomic E-state index is 12.5. The molecule has 0 fully saturated rings. The van der Waals surface area contributed by atoms with Crippen molar-refractivity contribution in [1.82, 2.24) is 9.97 Å². The van der Waals surface area contributed by atoms with Crippen molar-refractivity contribution >= 4 is 21.6 Å². The molecule has 0 bridgehead atoms. The van der Waals surface area contributed by atoms with E-state index in [1.165, 1.54) is 29.8 Å². The summed E-state index contributed by atoms with van der Waals surface area (Å²) in [4.78, 5) is 8.88. The summed E-state index contributed by atoms with van der Waals surface area (Å²) in [5.41, 5.74) is 0.940. The third-order valence-electron chi connectivity index (χ3n) is 2.78. The quantitative estimate of drug-likeness (QED) is 0.661. The Morgan fingerprint density at radius 2 is 1.79 bits per heavy atom. The smallest absolute Gasteiger partial charge is 0.244 e. The first-order valence-corrected chi connectivity index (χ1v) is 6.28. The predicted octanol–water partition coefficient (Wildman–Crippen LogP) is 4.38. The van der Waals surface area contributed by atoms with Gasteiger partial charge in [0.05, 0.1) is 5.56 Å². The van der Waals surface area contributed by atoms with E-state index in [1.807, 2.05) is 5.38 Å². The second-order valence-electron chi connectivity index (χ2n) is 3.97. The normalized spacial score (nSPS) is 11.9. The van der Waals surface area contributed by atoms with Gasteiger partial charge in [0.2, 0.25) is 0 Å². The first-order chi connectivity index (χ1) is 9.05. The van der Waals surface area contributed by atoms with E-state index < -0.39 is 11.7 Å². The predicted molar refractivity (Wildman–Crippen MR) is 67.9 cm³/mol. The number of hydrogen-bond acceptors (Lipinski definition) is 3. The molecule has 6 heteroatoms. The lowest BCUT2D eigenvalue weighted by Crippen LogP contribution is -2.03. The molecule has 0 aliphatic rings. The summed E-state index contributed by atoms with van der Waals surface area (Å²) in [7, 11) is 0. The molecule has 3 rings (SSSR count). The fourth-order valence-corrected chi connectivity index (χ4v) is 2.73. The maximum absolute atomic E-state index is 12.5. The summed E-state index contributed by atoms with van der Waals surface area (Å²) >= 11 is 1.45. The van der Waals surface area contributed by atoms with Gasteiger partial charge in [-0.2, -0.15) is 13.2 Å². The fraction of sp³-hybridized carbons (Fsp3) is 0.0769. The molecule has 0 saturated heterocycles. The number of hydrogen-bond donors (Lipinski definition) is 0. The molecule has 96 valence electrons. The molecule has 0 atom stereocenters. The van der Waals surface area contributed by atoms with Crippen LogP contribution >= 0.6 is 11.3 Å². The average Bonchev–Trinajstić information content (AvgIpc) is 2.82. The van der Waals surface area contributed by atoms with Gasteiger partial charge in [0.25, 0.3) is 0 Å². The molecule has 0 spiro atoms. The van der Waals surface area contributed by atoms with Crippen LogP contribution in [0, 0.1) is 0 Å². The summed E-state index contributed by atoms with van der Waals surface area (Å²) in [5, 5.41) is 2.73. The molecule has 0 N–H and O–H groups in total. The van der Waals surface area contributed by atoms with E-state index in [-0.39, 0.29) is 0 Å². The second-order valence-corrected chi connectivity index (χ2v) is 4.82. The van der Waals surface area contributed by atoms with Gasteiger partial charge in [0.15, 0.2) is 0 Å². The number of thiophene rings is 1. The van der Waals surface area contributed by atoms with Crippen LogP contribution in [-0.4, -0.2) is 9.97 Å². The summed E-state index contributed by atoms with van der Waals surface area (Å²) in [6, 6.07) is 5.11. The van der Waals surface area contributed by atoms with Gasteiger partial charge in [-0.15, -0.1) is 11.3 Å². The van der Waals surface area contributed by atoms with Crippen LogP contribution in [0.15, 0.2) is 42.2 Å². The SMILES string of the molecule is FC(F)(F)c1ccc(-c2csc3ncncc23)cc1. The zero-order valence-electron chi connectivity index (χ0n) is 9.48. The van der Waals surface area contributed by atoms with Crippen LogP contribution < -0.4 is 0 Å². The summed E-state index contributed by atoms with van der Waals surface area (Å²) in [6.45, 7) is 0. The number of nitrogens with zero attached hydrogens (tertiary/aromatic N) is 2. The Hall–Kier alpha value is -1.95. The average molecular weight is 280 g/mol. The molecule has 0 amide bonds. The van der Waals surface area contributed by atoms with E-state index >= 15 is 0 Å². The van der Waals surface area contributed by atoms with E-state index in [1.54, 1.807) is 6.20 Å². The van der Waals surface area contributed by atoms with Gasteiger partial charge in [-0.25, -0.2) is 9.97 Å². The molecule has 0 radical (unpaired) electrons. The zero-order chi connectivity index (χ0) is 13.5. The van der Waals surface area contributed by atoms with Gasteiger partial charge in [-0.3, -0.25) is 0 Å². The van der Waals surface area contributed by atoms with E-state index in [2.05, 4.69) is 9.97 Å². The van der Waals surface area contributed by atoms with Crippen molar-refractivity contribution in [1.29, 1.82) is 0 Å². The van der Waals surface area contributed by atoms with Crippen LogP contribution in [0.4, 0.5) is 13.2 Å². The van der Waals surface area contributed by atoms with Gasteiger partial charge in [-0.1, -0.05) is 12.1 Å². The molecule has 0 unspecified atom stereocenters. The highest BCUT2D eigenvalue weighted by Crippen LogP contribution is 2.34. The van der Waals surface area contributed by atoms with Gasteiger partial charge in [-0.05, 0) is 17.7 Å². The molecule has 19 heavy (non-hydrogen) atoms. The lowest BCUT2D eigenvalue weighted by Gasteiger charge is -2.07. The van der Waals surface area contributed by atoms with E-state index in [9.17, 15) is 13.2 Å². The lowest BCUT2D eigenvalue weighted by molar-refractivity contribution is -0.137. The molecule has 3 aromatic rings. The van der Waals surface area contributed by atoms with Gasteiger partial charge in [0, 0.05) is 22.5 Å². The van der Waals surface area contributed by atoms with Crippen LogP contribution in [0.5, 0.6) is 0 Å². The van der Waals surface area contributed by atoms with Crippen molar-refractivity contribution in [3.8, 4) is 11.1 Å². The number of benzene rings is 1. The van der Waals surface area contributed by atoms with Crippen molar-refractivity contribution in [2.75, 3.05) is 0 Å². The van der Waals surface area contributed by atoms with Gasteiger partial charge < -0.3 is 0 Å². The van der Waals surface area contributed by atoms with Crippen molar-refractivity contribution in [2.24, 2.45) is 0 Å².